The third kappa shape index (κ3) is 2.17. The highest BCUT2D eigenvalue weighted by atomic mass is 32.2. The SMILES string of the molecule is Oc1cccc(-c2nc3cccnc3n2C2CCCS2)c1. The fourth-order valence-corrected chi connectivity index (χ4v) is 4.10. The molecule has 2 aromatic heterocycles. The summed E-state index contributed by atoms with van der Waals surface area (Å²) >= 11 is 1.95. The van der Waals surface area contributed by atoms with Crippen molar-refractivity contribution in [3.8, 4) is 17.1 Å². The van der Waals surface area contributed by atoms with Crippen molar-refractivity contribution in [2.75, 3.05) is 5.75 Å². The zero-order valence-electron chi connectivity index (χ0n) is 11.4. The van der Waals surface area contributed by atoms with Gasteiger partial charge in [0.05, 0.1) is 5.37 Å². The topological polar surface area (TPSA) is 50.9 Å². The molecule has 4 nitrogen and oxygen atoms in total. The minimum absolute atomic E-state index is 0.262. The molecule has 1 saturated heterocycles. The average molecular weight is 297 g/mol. The lowest BCUT2D eigenvalue weighted by atomic mass is 10.2. The lowest BCUT2D eigenvalue weighted by molar-refractivity contribution is 0.475. The molecular formula is C16H15N3OS. The molecule has 1 atom stereocenters. The molecule has 0 aliphatic carbocycles. The van der Waals surface area contributed by atoms with Crippen LogP contribution in [0, 0.1) is 0 Å². The number of nitrogens with zero attached hydrogens (tertiary/aromatic N) is 3. The Hall–Kier alpha value is -2.01. The van der Waals surface area contributed by atoms with E-state index < -0.39 is 0 Å². The van der Waals surface area contributed by atoms with Crippen LogP contribution in [-0.2, 0) is 0 Å². The van der Waals surface area contributed by atoms with Crippen LogP contribution in [0.5, 0.6) is 5.75 Å². The summed E-state index contributed by atoms with van der Waals surface area (Å²) in [5.74, 6) is 2.33. The Bertz CT molecular complexity index is 793. The van der Waals surface area contributed by atoms with E-state index in [1.54, 1.807) is 12.1 Å². The fourth-order valence-electron chi connectivity index (χ4n) is 2.82. The van der Waals surface area contributed by atoms with Crippen LogP contribution < -0.4 is 0 Å². The van der Waals surface area contributed by atoms with E-state index >= 15 is 0 Å². The highest BCUT2D eigenvalue weighted by Gasteiger charge is 2.24. The van der Waals surface area contributed by atoms with E-state index in [1.807, 2.05) is 42.2 Å². The van der Waals surface area contributed by atoms with Crippen LogP contribution in [-0.4, -0.2) is 25.4 Å². The fraction of sp³-hybridized carbons (Fsp3) is 0.250. The van der Waals surface area contributed by atoms with Crippen LogP contribution in [0.3, 0.4) is 0 Å². The Morgan fingerprint density at radius 1 is 1.24 bits per heavy atom. The Balaban J connectivity index is 1.97. The van der Waals surface area contributed by atoms with Crippen molar-refractivity contribution in [3.05, 3.63) is 42.6 Å². The van der Waals surface area contributed by atoms with Crippen molar-refractivity contribution in [1.29, 1.82) is 0 Å². The maximum atomic E-state index is 9.75. The molecule has 0 bridgehead atoms. The molecule has 3 aromatic rings. The first-order chi connectivity index (χ1) is 10.3. The summed E-state index contributed by atoms with van der Waals surface area (Å²) in [6.45, 7) is 0. The van der Waals surface area contributed by atoms with Gasteiger partial charge in [-0.3, -0.25) is 4.57 Å². The number of phenolic OH excluding ortho intramolecular Hbond substituents is 1. The van der Waals surface area contributed by atoms with Crippen LogP contribution in [0.15, 0.2) is 42.6 Å². The van der Waals surface area contributed by atoms with E-state index in [0.29, 0.717) is 5.37 Å². The van der Waals surface area contributed by atoms with E-state index in [9.17, 15) is 5.11 Å². The van der Waals surface area contributed by atoms with Gasteiger partial charge < -0.3 is 5.11 Å². The zero-order chi connectivity index (χ0) is 14.2. The number of hydrogen-bond donors (Lipinski definition) is 1. The Morgan fingerprint density at radius 2 is 2.19 bits per heavy atom. The Labute approximate surface area is 126 Å². The van der Waals surface area contributed by atoms with Crippen LogP contribution in [0.1, 0.15) is 18.2 Å². The van der Waals surface area contributed by atoms with Gasteiger partial charge in [0.15, 0.2) is 5.65 Å². The summed E-state index contributed by atoms with van der Waals surface area (Å²) in [5, 5.41) is 10.1. The molecule has 106 valence electrons. The van der Waals surface area contributed by atoms with Crippen LogP contribution in [0.25, 0.3) is 22.6 Å². The molecule has 3 heterocycles. The highest BCUT2D eigenvalue weighted by molar-refractivity contribution is 7.99. The second-order valence-electron chi connectivity index (χ2n) is 5.17. The molecule has 5 heteroatoms. The van der Waals surface area contributed by atoms with Gasteiger partial charge in [0.25, 0.3) is 0 Å². The van der Waals surface area contributed by atoms with Gasteiger partial charge in [-0.05, 0) is 42.9 Å². The Kier molecular flexibility index (Phi) is 3.07. The summed E-state index contributed by atoms with van der Waals surface area (Å²) < 4.78 is 2.22. The molecular weight excluding hydrogens is 282 g/mol. The number of phenols is 1. The third-order valence-electron chi connectivity index (χ3n) is 3.75. The lowest BCUT2D eigenvalue weighted by Gasteiger charge is -2.15. The molecule has 1 fully saturated rings. The number of aromatic nitrogens is 3. The summed E-state index contributed by atoms with van der Waals surface area (Å²) in [7, 11) is 0. The molecule has 21 heavy (non-hydrogen) atoms. The van der Waals surface area contributed by atoms with E-state index in [1.165, 1.54) is 12.2 Å². The molecule has 0 radical (unpaired) electrons. The van der Waals surface area contributed by atoms with E-state index in [2.05, 4.69) is 9.55 Å². The minimum atomic E-state index is 0.262. The third-order valence-corrected chi connectivity index (χ3v) is 5.10. The number of benzene rings is 1. The van der Waals surface area contributed by atoms with Gasteiger partial charge in [0.2, 0.25) is 0 Å². The van der Waals surface area contributed by atoms with Crippen molar-refractivity contribution in [2.24, 2.45) is 0 Å². The van der Waals surface area contributed by atoms with Crippen LogP contribution in [0.2, 0.25) is 0 Å². The number of thioether (sulfide) groups is 1. The van der Waals surface area contributed by atoms with Crippen LogP contribution >= 0.6 is 11.8 Å². The van der Waals surface area contributed by atoms with Crippen molar-refractivity contribution < 1.29 is 5.11 Å². The van der Waals surface area contributed by atoms with Crippen LogP contribution in [0.4, 0.5) is 0 Å². The monoisotopic (exact) mass is 297 g/mol. The van der Waals surface area contributed by atoms with Gasteiger partial charge in [-0.2, -0.15) is 0 Å². The molecule has 0 spiro atoms. The number of hydrogen-bond acceptors (Lipinski definition) is 4. The van der Waals surface area contributed by atoms with Gasteiger partial charge in [0.1, 0.15) is 17.1 Å². The van der Waals surface area contributed by atoms with Crippen molar-refractivity contribution in [1.82, 2.24) is 14.5 Å². The number of aromatic hydroxyl groups is 1. The molecule has 4 rings (SSSR count). The normalized spacial score (nSPS) is 18.4. The molecule has 0 amide bonds. The number of imidazole rings is 1. The molecule has 1 aromatic carbocycles. The average Bonchev–Trinajstić information content (AvgIpc) is 3.14. The Morgan fingerprint density at radius 3 is 3.00 bits per heavy atom. The van der Waals surface area contributed by atoms with Gasteiger partial charge >= 0.3 is 0 Å². The summed E-state index contributed by atoms with van der Waals surface area (Å²) in [5.41, 5.74) is 2.76. The predicted octanol–water partition coefficient (Wildman–Crippen LogP) is 3.83. The quantitative estimate of drug-likeness (QED) is 0.781. The standard InChI is InChI=1S/C16H15N3OS/c20-12-5-1-4-11(10-12)15-18-13-6-2-8-17-16(13)19(15)14-7-3-9-21-14/h1-2,4-6,8,10,14,20H,3,7,9H2. The summed E-state index contributed by atoms with van der Waals surface area (Å²) in [6, 6.07) is 11.2. The van der Waals surface area contributed by atoms with Gasteiger partial charge in [-0.15, -0.1) is 11.8 Å². The molecule has 1 N–H and O–H groups in total. The first-order valence-electron chi connectivity index (χ1n) is 7.07. The van der Waals surface area contributed by atoms with Gasteiger partial charge in [0, 0.05) is 11.8 Å². The summed E-state index contributed by atoms with van der Waals surface area (Å²) in [6.07, 6.45) is 4.17. The van der Waals surface area contributed by atoms with E-state index in [4.69, 9.17) is 4.98 Å². The first kappa shape index (κ1) is 12.7. The maximum Gasteiger partial charge on any atom is 0.161 e. The van der Waals surface area contributed by atoms with Crippen molar-refractivity contribution in [3.63, 3.8) is 0 Å². The molecule has 1 unspecified atom stereocenters. The molecule has 1 aliphatic heterocycles. The highest BCUT2D eigenvalue weighted by Crippen LogP contribution is 2.40. The predicted molar refractivity (Wildman–Crippen MR) is 85.4 cm³/mol. The largest absolute Gasteiger partial charge is 0.508 e. The van der Waals surface area contributed by atoms with E-state index in [0.717, 1.165) is 29.0 Å². The van der Waals surface area contributed by atoms with Crippen molar-refractivity contribution >= 4 is 22.9 Å². The summed E-state index contributed by atoms with van der Waals surface area (Å²) in [4.78, 5) is 9.26. The number of fused-ring (bicyclic) bond motifs is 1. The smallest absolute Gasteiger partial charge is 0.161 e. The van der Waals surface area contributed by atoms with E-state index in [-0.39, 0.29) is 5.75 Å². The molecule has 1 aliphatic rings. The van der Waals surface area contributed by atoms with Crippen molar-refractivity contribution in [2.45, 2.75) is 18.2 Å². The zero-order valence-corrected chi connectivity index (χ0v) is 12.3. The number of rotatable bonds is 2. The maximum absolute atomic E-state index is 9.75. The second-order valence-corrected chi connectivity index (χ2v) is 6.46. The van der Waals surface area contributed by atoms with Gasteiger partial charge in [-0.1, -0.05) is 12.1 Å². The van der Waals surface area contributed by atoms with Gasteiger partial charge in [-0.25, -0.2) is 9.97 Å². The first-order valence-corrected chi connectivity index (χ1v) is 8.12. The molecule has 0 saturated carbocycles. The number of pyridine rings is 1. The lowest BCUT2D eigenvalue weighted by Crippen LogP contribution is -2.05. The minimum Gasteiger partial charge on any atom is -0.508 e. The second kappa shape index (κ2) is 5.07.